The molecular formula is C30H28BrN. The smallest absolute Gasteiger partial charge is 0.0465 e. The van der Waals surface area contributed by atoms with E-state index in [-0.39, 0.29) is 5.41 Å². The summed E-state index contributed by atoms with van der Waals surface area (Å²) < 4.78 is 1.15. The van der Waals surface area contributed by atoms with Gasteiger partial charge in [0.2, 0.25) is 0 Å². The minimum atomic E-state index is 0.0418. The molecule has 0 aromatic heterocycles. The van der Waals surface area contributed by atoms with Gasteiger partial charge in [-0.3, -0.25) is 0 Å². The van der Waals surface area contributed by atoms with E-state index in [0.717, 1.165) is 17.3 Å². The summed E-state index contributed by atoms with van der Waals surface area (Å²) in [6.45, 7) is 6.79. The summed E-state index contributed by atoms with van der Waals surface area (Å²) in [5, 5.41) is 0. The molecule has 1 nitrogen and oxygen atoms in total. The molecule has 2 heteroatoms. The molecule has 160 valence electrons. The Hall–Kier alpha value is -2.84. The number of hydrogen-bond acceptors (Lipinski definition) is 1. The van der Waals surface area contributed by atoms with Gasteiger partial charge in [-0.25, -0.2) is 0 Å². The quantitative estimate of drug-likeness (QED) is 0.274. The zero-order chi connectivity index (χ0) is 22.3. The number of aryl methyl sites for hydroxylation is 1. The highest BCUT2D eigenvalue weighted by Gasteiger charge is 2.41. The van der Waals surface area contributed by atoms with Gasteiger partial charge in [-0.2, -0.15) is 0 Å². The third kappa shape index (κ3) is 3.29. The SMILES string of the molecule is CCC1(CC)c2cc(Br)ccc2-c2ccc(N(c3ccccc3)c3ccc(C)cc3)cc21. The first kappa shape index (κ1) is 21.0. The summed E-state index contributed by atoms with van der Waals surface area (Å²) in [6.07, 6.45) is 2.17. The fraction of sp³-hybridized carbons (Fsp3) is 0.200. The number of nitrogens with zero attached hydrogens (tertiary/aromatic N) is 1. The highest BCUT2D eigenvalue weighted by atomic mass is 79.9. The Morgan fingerprint density at radius 2 is 1.22 bits per heavy atom. The largest absolute Gasteiger partial charge is 0.310 e. The topological polar surface area (TPSA) is 3.24 Å². The van der Waals surface area contributed by atoms with Crippen molar-refractivity contribution in [1.82, 2.24) is 0 Å². The molecule has 0 N–H and O–H groups in total. The first-order chi connectivity index (χ1) is 15.6. The van der Waals surface area contributed by atoms with Gasteiger partial charge in [0.1, 0.15) is 0 Å². The lowest BCUT2D eigenvalue weighted by Gasteiger charge is -2.31. The van der Waals surface area contributed by atoms with Crippen LogP contribution in [0.1, 0.15) is 43.4 Å². The van der Waals surface area contributed by atoms with Crippen molar-refractivity contribution >= 4 is 33.0 Å². The van der Waals surface area contributed by atoms with Gasteiger partial charge in [-0.05, 0) is 90.6 Å². The molecule has 0 bridgehead atoms. The number of hydrogen-bond donors (Lipinski definition) is 0. The van der Waals surface area contributed by atoms with Gasteiger partial charge < -0.3 is 4.90 Å². The molecule has 0 unspecified atom stereocenters. The second-order valence-corrected chi connectivity index (χ2v) is 9.63. The highest BCUT2D eigenvalue weighted by Crippen LogP contribution is 2.54. The summed E-state index contributed by atoms with van der Waals surface area (Å²) in [7, 11) is 0. The van der Waals surface area contributed by atoms with Crippen LogP contribution in [0.4, 0.5) is 17.1 Å². The molecule has 32 heavy (non-hydrogen) atoms. The molecule has 4 aromatic rings. The fourth-order valence-corrected chi connectivity index (χ4v) is 5.69. The number of fused-ring (bicyclic) bond motifs is 3. The van der Waals surface area contributed by atoms with Gasteiger partial charge in [-0.15, -0.1) is 0 Å². The minimum Gasteiger partial charge on any atom is -0.310 e. The summed E-state index contributed by atoms with van der Waals surface area (Å²) in [5.74, 6) is 0. The second-order valence-electron chi connectivity index (χ2n) is 8.72. The van der Waals surface area contributed by atoms with Gasteiger partial charge in [-0.1, -0.05) is 77.8 Å². The molecule has 0 amide bonds. The number of benzene rings is 4. The van der Waals surface area contributed by atoms with E-state index in [1.807, 2.05) is 0 Å². The van der Waals surface area contributed by atoms with Crippen molar-refractivity contribution in [3.8, 4) is 11.1 Å². The Balaban J connectivity index is 1.72. The van der Waals surface area contributed by atoms with Crippen molar-refractivity contribution in [2.24, 2.45) is 0 Å². The maximum absolute atomic E-state index is 3.72. The summed E-state index contributed by atoms with van der Waals surface area (Å²) in [5.41, 5.74) is 10.5. The van der Waals surface area contributed by atoms with E-state index in [4.69, 9.17) is 0 Å². The molecule has 4 aromatic carbocycles. The second kappa shape index (κ2) is 8.26. The summed E-state index contributed by atoms with van der Waals surface area (Å²) in [6, 6.07) is 33.3. The average Bonchev–Trinajstić information content (AvgIpc) is 3.10. The van der Waals surface area contributed by atoms with E-state index in [0.29, 0.717) is 0 Å². The Morgan fingerprint density at radius 3 is 1.88 bits per heavy atom. The first-order valence-electron chi connectivity index (χ1n) is 11.4. The maximum Gasteiger partial charge on any atom is 0.0465 e. The molecule has 0 atom stereocenters. The van der Waals surface area contributed by atoms with Crippen molar-refractivity contribution < 1.29 is 0 Å². The molecule has 1 aliphatic rings. The predicted octanol–water partition coefficient (Wildman–Crippen LogP) is 9.31. The van der Waals surface area contributed by atoms with E-state index in [2.05, 4.69) is 133 Å². The molecule has 0 saturated carbocycles. The average molecular weight is 482 g/mol. The van der Waals surface area contributed by atoms with Crippen molar-refractivity contribution in [1.29, 1.82) is 0 Å². The predicted molar refractivity (Wildman–Crippen MR) is 140 cm³/mol. The van der Waals surface area contributed by atoms with Gasteiger partial charge in [0.05, 0.1) is 0 Å². The highest BCUT2D eigenvalue weighted by molar-refractivity contribution is 9.10. The molecular weight excluding hydrogens is 454 g/mol. The summed E-state index contributed by atoms with van der Waals surface area (Å²) >= 11 is 3.72. The van der Waals surface area contributed by atoms with Crippen LogP contribution in [-0.2, 0) is 5.41 Å². The van der Waals surface area contributed by atoms with Gasteiger partial charge in [0, 0.05) is 26.9 Å². The number of anilines is 3. The lowest BCUT2D eigenvalue weighted by molar-refractivity contribution is 0.490. The van der Waals surface area contributed by atoms with Gasteiger partial charge in [0.25, 0.3) is 0 Å². The van der Waals surface area contributed by atoms with Crippen molar-refractivity contribution in [3.05, 3.63) is 112 Å². The van der Waals surface area contributed by atoms with E-state index in [1.54, 1.807) is 0 Å². The van der Waals surface area contributed by atoms with E-state index in [9.17, 15) is 0 Å². The van der Waals surface area contributed by atoms with E-state index < -0.39 is 0 Å². The fourth-order valence-electron chi connectivity index (χ4n) is 5.32. The van der Waals surface area contributed by atoms with Gasteiger partial charge >= 0.3 is 0 Å². The molecule has 0 fully saturated rings. The lowest BCUT2D eigenvalue weighted by atomic mass is 9.74. The van der Waals surface area contributed by atoms with Crippen LogP contribution in [0.3, 0.4) is 0 Å². The number of halogens is 1. The zero-order valence-electron chi connectivity index (χ0n) is 18.9. The molecule has 0 radical (unpaired) electrons. The van der Waals surface area contributed by atoms with Crippen molar-refractivity contribution in [2.45, 2.75) is 39.0 Å². The van der Waals surface area contributed by atoms with E-state index >= 15 is 0 Å². The Morgan fingerprint density at radius 1 is 0.656 bits per heavy atom. The standard InChI is InChI=1S/C30H28BrN/c1-4-30(5-2)28-19-22(31)13-17-26(28)27-18-16-25(20-29(27)30)32(23-9-7-6-8-10-23)24-14-11-21(3)12-15-24/h6-20H,4-5H2,1-3H3. The monoisotopic (exact) mass is 481 g/mol. The molecule has 0 saturated heterocycles. The van der Waals surface area contributed by atoms with Crippen LogP contribution in [0.5, 0.6) is 0 Å². The van der Waals surface area contributed by atoms with Crippen LogP contribution in [0.2, 0.25) is 0 Å². The van der Waals surface area contributed by atoms with Crippen LogP contribution in [0.25, 0.3) is 11.1 Å². The molecule has 1 aliphatic carbocycles. The Labute approximate surface area is 199 Å². The van der Waals surface area contributed by atoms with Crippen LogP contribution >= 0.6 is 15.9 Å². The first-order valence-corrected chi connectivity index (χ1v) is 12.2. The Kier molecular flexibility index (Phi) is 5.43. The van der Waals surface area contributed by atoms with E-state index in [1.165, 1.54) is 44.9 Å². The Bertz CT molecular complexity index is 1250. The third-order valence-electron chi connectivity index (χ3n) is 7.08. The van der Waals surface area contributed by atoms with Crippen molar-refractivity contribution in [3.63, 3.8) is 0 Å². The zero-order valence-corrected chi connectivity index (χ0v) is 20.5. The lowest BCUT2D eigenvalue weighted by Crippen LogP contribution is -2.23. The van der Waals surface area contributed by atoms with Crippen LogP contribution in [-0.4, -0.2) is 0 Å². The number of para-hydroxylation sites is 1. The third-order valence-corrected chi connectivity index (χ3v) is 7.57. The molecule has 5 rings (SSSR count). The molecule has 0 heterocycles. The molecule has 0 aliphatic heterocycles. The minimum absolute atomic E-state index is 0.0418. The van der Waals surface area contributed by atoms with Crippen LogP contribution in [0, 0.1) is 6.92 Å². The summed E-state index contributed by atoms with van der Waals surface area (Å²) in [4.78, 5) is 2.37. The van der Waals surface area contributed by atoms with Crippen molar-refractivity contribution in [2.75, 3.05) is 4.90 Å². The van der Waals surface area contributed by atoms with Crippen LogP contribution < -0.4 is 4.90 Å². The number of rotatable bonds is 5. The maximum atomic E-state index is 3.72. The molecule has 0 spiro atoms. The van der Waals surface area contributed by atoms with Crippen LogP contribution in [0.15, 0.2) is 95.5 Å². The normalized spacial score (nSPS) is 13.5. The van der Waals surface area contributed by atoms with Gasteiger partial charge in [0.15, 0.2) is 0 Å².